The van der Waals surface area contributed by atoms with Gasteiger partial charge in [0.25, 0.3) is 5.56 Å². The lowest BCUT2D eigenvalue weighted by molar-refractivity contribution is 0.282. The molecule has 0 saturated carbocycles. The lowest BCUT2D eigenvalue weighted by atomic mass is 10.1. The highest BCUT2D eigenvalue weighted by molar-refractivity contribution is 5.43. The number of aromatic nitrogens is 2. The van der Waals surface area contributed by atoms with Crippen LogP contribution >= 0.6 is 0 Å². The van der Waals surface area contributed by atoms with Crippen molar-refractivity contribution in [2.45, 2.75) is 59.5 Å². The molecular formula is C12H23N3O. The van der Waals surface area contributed by atoms with Crippen LogP contribution in [0.15, 0.2) is 4.79 Å². The molecule has 0 aliphatic heterocycles. The van der Waals surface area contributed by atoms with Gasteiger partial charge in [0.1, 0.15) is 5.69 Å². The first-order valence-electron chi connectivity index (χ1n) is 5.83. The molecule has 0 aromatic carbocycles. The van der Waals surface area contributed by atoms with Gasteiger partial charge in [0.05, 0.1) is 11.2 Å². The Hall–Kier alpha value is -1.19. The van der Waals surface area contributed by atoms with Crippen LogP contribution in [0.25, 0.3) is 0 Å². The van der Waals surface area contributed by atoms with Crippen LogP contribution in [0.2, 0.25) is 0 Å². The van der Waals surface area contributed by atoms with E-state index in [4.69, 9.17) is 5.73 Å². The molecule has 0 saturated heterocycles. The molecule has 0 aliphatic carbocycles. The van der Waals surface area contributed by atoms with Crippen molar-refractivity contribution >= 4 is 5.69 Å². The summed E-state index contributed by atoms with van der Waals surface area (Å²) < 4.78 is 3.76. The monoisotopic (exact) mass is 225 g/mol. The van der Waals surface area contributed by atoms with E-state index in [-0.39, 0.29) is 17.0 Å². The van der Waals surface area contributed by atoms with Crippen molar-refractivity contribution < 1.29 is 0 Å². The summed E-state index contributed by atoms with van der Waals surface area (Å²) in [7, 11) is 0. The second-order valence-corrected chi connectivity index (χ2v) is 5.46. The summed E-state index contributed by atoms with van der Waals surface area (Å²) in [5.74, 6) is 0.260. The maximum absolute atomic E-state index is 12.1. The molecule has 0 bridgehead atoms. The Bertz CT molecular complexity index is 432. The quantitative estimate of drug-likeness (QED) is 0.838. The third-order valence-corrected chi connectivity index (χ3v) is 2.70. The molecule has 2 N–H and O–H groups in total. The first kappa shape index (κ1) is 12.9. The SMILES string of the molecule is CCn1c(C(C)C)c(N)c(=O)n1C(C)(C)C. The van der Waals surface area contributed by atoms with Crippen molar-refractivity contribution in [3.63, 3.8) is 0 Å². The minimum atomic E-state index is -0.242. The predicted octanol–water partition coefficient (Wildman–Crippen LogP) is 2.13. The fourth-order valence-electron chi connectivity index (χ4n) is 2.17. The van der Waals surface area contributed by atoms with Crippen LogP contribution in [0.5, 0.6) is 0 Å². The molecule has 4 heteroatoms. The Morgan fingerprint density at radius 1 is 1.31 bits per heavy atom. The lowest BCUT2D eigenvalue weighted by Crippen LogP contribution is -2.37. The molecule has 0 spiro atoms. The molecule has 1 aromatic heterocycles. The highest BCUT2D eigenvalue weighted by Gasteiger charge is 2.25. The number of hydrogen-bond donors (Lipinski definition) is 1. The van der Waals surface area contributed by atoms with E-state index in [2.05, 4.69) is 13.8 Å². The Balaban J connectivity index is 3.64. The highest BCUT2D eigenvalue weighted by Crippen LogP contribution is 2.23. The second kappa shape index (κ2) is 4.00. The second-order valence-electron chi connectivity index (χ2n) is 5.46. The van der Waals surface area contributed by atoms with Gasteiger partial charge in [0, 0.05) is 6.54 Å². The molecule has 92 valence electrons. The summed E-state index contributed by atoms with van der Waals surface area (Å²) in [5, 5.41) is 0. The van der Waals surface area contributed by atoms with E-state index in [0.717, 1.165) is 12.2 Å². The van der Waals surface area contributed by atoms with Crippen LogP contribution in [-0.2, 0) is 12.1 Å². The van der Waals surface area contributed by atoms with Gasteiger partial charge in [-0.2, -0.15) is 0 Å². The molecule has 0 amide bonds. The summed E-state index contributed by atoms with van der Waals surface area (Å²) in [6.45, 7) is 13.0. The summed E-state index contributed by atoms with van der Waals surface area (Å²) >= 11 is 0. The van der Waals surface area contributed by atoms with E-state index in [1.165, 1.54) is 0 Å². The van der Waals surface area contributed by atoms with Gasteiger partial charge in [0.15, 0.2) is 0 Å². The van der Waals surface area contributed by atoms with Crippen LogP contribution in [0.1, 0.15) is 53.2 Å². The highest BCUT2D eigenvalue weighted by atomic mass is 16.1. The van der Waals surface area contributed by atoms with Crippen LogP contribution < -0.4 is 11.3 Å². The van der Waals surface area contributed by atoms with Crippen molar-refractivity contribution in [1.82, 2.24) is 9.36 Å². The molecule has 1 aromatic rings. The molecular weight excluding hydrogens is 202 g/mol. The van der Waals surface area contributed by atoms with E-state index in [9.17, 15) is 4.79 Å². The lowest BCUT2D eigenvalue weighted by Gasteiger charge is -2.25. The van der Waals surface area contributed by atoms with E-state index in [1.807, 2.05) is 32.4 Å². The summed E-state index contributed by atoms with van der Waals surface area (Å²) in [4.78, 5) is 12.1. The van der Waals surface area contributed by atoms with Gasteiger partial charge in [-0.1, -0.05) is 13.8 Å². The maximum atomic E-state index is 12.1. The van der Waals surface area contributed by atoms with Gasteiger partial charge in [-0.3, -0.25) is 9.48 Å². The predicted molar refractivity (Wildman–Crippen MR) is 67.9 cm³/mol. The number of nitrogens with zero attached hydrogens (tertiary/aromatic N) is 2. The standard InChI is InChI=1S/C12H23N3O/c1-7-14-10(8(2)3)9(13)11(16)15(14)12(4,5)6/h8H,7,13H2,1-6H3. The first-order chi connectivity index (χ1) is 7.21. The largest absolute Gasteiger partial charge is 0.393 e. The van der Waals surface area contributed by atoms with Crippen LogP contribution in [0.3, 0.4) is 0 Å². The molecule has 0 fully saturated rings. The third kappa shape index (κ3) is 1.88. The molecule has 0 atom stereocenters. The van der Waals surface area contributed by atoms with Gasteiger partial charge < -0.3 is 5.73 Å². The molecule has 1 rings (SSSR count). The molecule has 0 aliphatic rings. The number of nitrogens with two attached hydrogens (primary N) is 1. The number of rotatable bonds is 2. The Kier molecular flexibility index (Phi) is 3.22. The average molecular weight is 225 g/mol. The van der Waals surface area contributed by atoms with E-state index in [0.29, 0.717) is 5.69 Å². The Morgan fingerprint density at radius 2 is 1.81 bits per heavy atom. The fraction of sp³-hybridized carbons (Fsp3) is 0.750. The average Bonchev–Trinajstić information content (AvgIpc) is 2.38. The van der Waals surface area contributed by atoms with Crippen molar-refractivity contribution in [3.05, 3.63) is 16.0 Å². The van der Waals surface area contributed by atoms with Gasteiger partial charge in [-0.05, 0) is 33.6 Å². The zero-order valence-electron chi connectivity index (χ0n) is 11.2. The number of nitrogen functional groups attached to an aromatic ring is 1. The maximum Gasteiger partial charge on any atom is 0.290 e. The molecule has 0 unspecified atom stereocenters. The van der Waals surface area contributed by atoms with Gasteiger partial charge in [-0.15, -0.1) is 0 Å². The topological polar surface area (TPSA) is 52.9 Å². The van der Waals surface area contributed by atoms with Crippen molar-refractivity contribution in [1.29, 1.82) is 0 Å². The minimum Gasteiger partial charge on any atom is -0.393 e. The summed E-state index contributed by atoms with van der Waals surface area (Å²) in [6, 6.07) is 0. The van der Waals surface area contributed by atoms with Crippen molar-refractivity contribution in [3.8, 4) is 0 Å². The van der Waals surface area contributed by atoms with E-state index < -0.39 is 0 Å². The van der Waals surface area contributed by atoms with Crippen LogP contribution in [0.4, 0.5) is 5.69 Å². The Labute approximate surface area is 97.0 Å². The van der Waals surface area contributed by atoms with Crippen molar-refractivity contribution in [2.24, 2.45) is 0 Å². The van der Waals surface area contributed by atoms with Crippen LogP contribution in [-0.4, -0.2) is 9.36 Å². The summed E-state index contributed by atoms with van der Waals surface area (Å²) in [5.41, 5.74) is 6.95. The van der Waals surface area contributed by atoms with E-state index in [1.54, 1.807) is 4.68 Å². The van der Waals surface area contributed by atoms with E-state index >= 15 is 0 Å². The molecule has 4 nitrogen and oxygen atoms in total. The third-order valence-electron chi connectivity index (χ3n) is 2.70. The minimum absolute atomic E-state index is 0.0712. The Morgan fingerprint density at radius 3 is 2.12 bits per heavy atom. The number of anilines is 1. The number of hydrogen-bond acceptors (Lipinski definition) is 2. The van der Waals surface area contributed by atoms with Crippen LogP contribution in [0, 0.1) is 0 Å². The molecule has 1 heterocycles. The smallest absolute Gasteiger partial charge is 0.290 e. The molecule has 16 heavy (non-hydrogen) atoms. The van der Waals surface area contributed by atoms with Gasteiger partial charge >= 0.3 is 0 Å². The fourth-order valence-corrected chi connectivity index (χ4v) is 2.17. The zero-order chi connectivity index (χ0) is 12.7. The molecule has 0 radical (unpaired) electrons. The van der Waals surface area contributed by atoms with Crippen molar-refractivity contribution in [2.75, 3.05) is 5.73 Å². The zero-order valence-corrected chi connectivity index (χ0v) is 11.2. The normalized spacial score (nSPS) is 12.4. The van der Waals surface area contributed by atoms with Gasteiger partial charge in [-0.25, -0.2) is 4.68 Å². The van der Waals surface area contributed by atoms with Gasteiger partial charge in [0.2, 0.25) is 0 Å². The first-order valence-corrected chi connectivity index (χ1v) is 5.83. The summed E-state index contributed by atoms with van der Waals surface area (Å²) in [6.07, 6.45) is 0.